The molecule has 0 atom stereocenters. The first-order chi connectivity index (χ1) is 6.97. The summed E-state index contributed by atoms with van der Waals surface area (Å²) in [6.07, 6.45) is -2.74. The fourth-order valence-electron chi connectivity index (χ4n) is 1.52. The van der Waals surface area contributed by atoms with Crippen LogP contribution >= 0.6 is 15.9 Å². The minimum atomic E-state index is -4.19. The number of nitrogens with zero attached hydrogens (tertiary/aromatic N) is 1. The summed E-state index contributed by atoms with van der Waals surface area (Å²) < 4.78 is 38.6. The van der Waals surface area contributed by atoms with Crippen molar-refractivity contribution in [2.24, 2.45) is 0 Å². The minimum Gasteiger partial charge on any atom is -0.338 e. The van der Waals surface area contributed by atoms with Crippen LogP contribution in [0.15, 0.2) is 34.9 Å². The van der Waals surface area contributed by atoms with Crippen molar-refractivity contribution < 1.29 is 13.2 Å². The molecule has 0 aliphatic rings. The highest BCUT2D eigenvalue weighted by molar-refractivity contribution is 9.10. The van der Waals surface area contributed by atoms with E-state index in [4.69, 9.17) is 0 Å². The van der Waals surface area contributed by atoms with Crippen LogP contribution in [0.5, 0.6) is 0 Å². The number of alkyl halides is 3. The highest BCUT2D eigenvalue weighted by Crippen LogP contribution is 2.27. The molecule has 0 saturated heterocycles. The largest absolute Gasteiger partial charge is 0.406 e. The summed E-state index contributed by atoms with van der Waals surface area (Å²) >= 11 is 3.30. The zero-order valence-electron chi connectivity index (χ0n) is 7.55. The Morgan fingerprint density at radius 1 is 1.20 bits per heavy atom. The number of hydrogen-bond donors (Lipinski definition) is 0. The molecule has 0 amide bonds. The maximum Gasteiger partial charge on any atom is 0.406 e. The van der Waals surface area contributed by atoms with Crippen LogP contribution in [0, 0.1) is 0 Å². The molecule has 0 radical (unpaired) electrons. The molecule has 1 aromatic heterocycles. The van der Waals surface area contributed by atoms with Gasteiger partial charge in [-0.1, -0.05) is 22.0 Å². The van der Waals surface area contributed by atoms with E-state index in [0.717, 1.165) is 9.86 Å². The fraction of sp³-hybridized carbons (Fsp3) is 0.200. The van der Waals surface area contributed by atoms with Crippen molar-refractivity contribution in [3.8, 4) is 0 Å². The van der Waals surface area contributed by atoms with E-state index in [1.54, 1.807) is 24.3 Å². The highest BCUT2D eigenvalue weighted by Gasteiger charge is 2.28. The van der Waals surface area contributed by atoms with Crippen LogP contribution < -0.4 is 0 Å². The Hall–Kier alpha value is -0.970. The molecule has 0 aliphatic carbocycles. The summed E-state index contributed by atoms with van der Waals surface area (Å²) in [4.78, 5) is 0. The second kappa shape index (κ2) is 3.56. The maximum absolute atomic E-state index is 12.2. The Kier molecular flexibility index (Phi) is 2.50. The third kappa shape index (κ3) is 2.17. The molecule has 15 heavy (non-hydrogen) atoms. The molecule has 1 nitrogen and oxygen atoms in total. The molecule has 1 aromatic carbocycles. The minimum absolute atomic E-state index is 0.585. The van der Waals surface area contributed by atoms with Crippen LogP contribution in [0.3, 0.4) is 0 Å². The van der Waals surface area contributed by atoms with Gasteiger partial charge in [0, 0.05) is 21.6 Å². The van der Waals surface area contributed by atoms with Gasteiger partial charge in [0.05, 0.1) is 0 Å². The number of halogens is 4. The summed E-state index contributed by atoms with van der Waals surface area (Å²) in [6.45, 7) is -0.951. The molecule has 0 bridgehead atoms. The third-order valence-electron chi connectivity index (χ3n) is 2.11. The highest BCUT2D eigenvalue weighted by atomic mass is 79.9. The van der Waals surface area contributed by atoms with Crippen molar-refractivity contribution in [1.29, 1.82) is 0 Å². The Morgan fingerprint density at radius 2 is 1.93 bits per heavy atom. The Balaban J connectivity index is 2.50. The van der Waals surface area contributed by atoms with Crippen LogP contribution in [-0.4, -0.2) is 10.7 Å². The van der Waals surface area contributed by atoms with Gasteiger partial charge in [-0.05, 0) is 18.2 Å². The summed E-state index contributed by atoms with van der Waals surface area (Å²) in [5.74, 6) is 0. The quantitative estimate of drug-likeness (QED) is 0.744. The normalized spacial score (nSPS) is 12.3. The lowest BCUT2D eigenvalue weighted by atomic mass is 10.2. The lowest BCUT2D eigenvalue weighted by Crippen LogP contribution is -2.16. The lowest BCUT2D eigenvalue weighted by molar-refractivity contribution is -0.139. The van der Waals surface area contributed by atoms with Gasteiger partial charge in [0.15, 0.2) is 0 Å². The third-order valence-corrected chi connectivity index (χ3v) is 2.80. The van der Waals surface area contributed by atoms with Gasteiger partial charge in [-0.3, -0.25) is 0 Å². The van der Waals surface area contributed by atoms with Crippen molar-refractivity contribution in [1.82, 2.24) is 4.57 Å². The van der Waals surface area contributed by atoms with Crippen LogP contribution in [0.2, 0.25) is 0 Å². The van der Waals surface area contributed by atoms with E-state index in [2.05, 4.69) is 15.9 Å². The molecule has 0 saturated carbocycles. The Morgan fingerprint density at radius 3 is 2.60 bits per heavy atom. The zero-order valence-corrected chi connectivity index (χ0v) is 9.14. The van der Waals surface area contributed by atoms with Crippen LogP contribution in [0.1, 0.15) is 0 Å². The topological polar surface area (TPSA) is 4.93 Å². The van der Waals surface area contributed by atoms with E-state index in [-0.39, 0.29) is 0 Å². The van der Waals surface area contributed by atoms with E-state index >= 15 is 0 Å². The first-order valence-corrected chi connectivity index (χ1v) is 5.07. The van der Waals surface area contributed by atoms with E-state index in [0.29, 0.717) is 5.52 Å². The van der Waals surface area contributed by atoms with Crippen LogP contribution in [0.25, 0.3) is 10.9 Å². The van der Waals surface area contributed by atoms with Crippen molar-refractivity contribution in [2.75, 3.05) is 0 Å². The van der Waals surface area contributed by atoms with E-state index < -0.39 is 12.7 Å². The van der Waals surface area contributed by atoms with Crippen molar-refractivity contribution in [3.05, 3.63) is 34.9 Å². The van der Waals surface area contributed by atoms with Gasteiger partial charge in [-0.2, -0.15) is 13.2 Å². The SMILES string of the molecule is FC(F)(F)Cn1ccc2c(Br)cccc21. The van der Waals surface area contributed by atoms with Crippen LogP contribution in [-0.2, 0) is 6.54 Å². The van der Waals surface area contributed by atoms with E-state index in [1.165, 1.54) is 10.8 Å². The zero-order chi connectivity index (χ0) is 11.1. The molecule has 0 N–H and O–H groups in total. The van der Waals surface area contributed by atoms with Crippen molar-refractivity contribution in [2.45, 2.75) is 12.7 Å². The van der Waals surface area contributed by atoms with Gasteiger partial charge in [0.25, 0.3) is 0 Å². The average Bonchev–Trinajstić information content (AvgIpc) is 2.48. The predicted molar refractivity (Wildman–Crippen MR) is 55.7 cm³/mol. The molecular formula is C10H7BrF3N. The van der Waals surface area contributed by atoms with Gasteiger partial charge in [-0.25, -0.2) is 0 Å². The molecule has 5 heteroatoms. The molecule has 80 valence electrons. The molecule has 0 unspecified atom stereocenters. The van der Waals surface area contributed by atoms with Gasteiger partial charge in [0.1, 0.15) is 6.54 Å². The monoisotopic (exact) mass is 277 g/mol. The van der Waals surface area contributed by atoms with Crippen LogP contribution in [0.4, 0.5) is 13.2 Å². The van der Waals surface area contributed by atoms with E-state index in [1.807, 2.05) is 0 Å². The molecule has 0 spiro atoms. The summed E-state index contributed by atoms with van der Waals surface area (Å²) in [6, 6.07) is 6.87. The molecule has 0 aliphatic heterocycles. The molecule has 2 rings (SSSR count). The molecule has 2 aromatic rings. The van der Waals surface area contributed by atoms with Gasteiger partial charge >= 0.3 is 6.18 Å². The molecule has 0 fully saturated rings. The number of aromatic nitrogens is 1. The second-order valence-corrected chi connectivity index (χ2v) is 4.09. The maximum atomic E-state index is 12.2. The predicted octanol–water partition coefficient (Wildman–Crippen LogP) is 3.97. The van der Waals surface area contributed by atoms with Gasteiger partial charge < -0.3 is 4.57 Å². The molecule has 1 heterocycles. The van der Waals surface area contributed by atoms with Crippen molar-refractivity contribution in [3.63, 3.8) is 0 Å². The molecular weight excluding hydrogens is 271 g/mol. The first kappa shape index (κ1) is 10.5. The number of fused-ring (bicyclic) bond motifs is 1. The smallest absolute Gasteiger partial charge is 0.338 e. The summed E-state index contributed by atoms with van der Waals surface area (Å²) in [7, 11) is 0. The standard InChI is InChI=1S/C10H7BrF3N/c11-8-2-1-3-9-7(8)4-5-15(9)6-10(12,13)14/h1-5H,6H2. The number of benzene rings is 1. The van der Waals surface area contributed by atoms with Gasteiger partial charge in [0.2, 0.25) is 0 Å². The number of rotatable bonds is 1. The second-order valence-electron chi connectivity index (χ2n) is 3.23. The van der Waals surface area contributed by atoms with Gasteiger partial charge in [-0.15, -0.1) is 0 Å². The summed E-state index contributed by atoms with van der Waals surface area (Å²) in [5.41, 5.74) is 0.585. The first-order valence-electron chi connectivity index (χ1n) is 4.27. The van der Waals surface area contributed by atoms with Crippen molar-refractivity contribution >= 4 is 26.8 Å². The van der Waals surface area contributed by atoms with E-state index in [9.17, 15) is 13.2 Å². The summed E-state index contributed by atoms with van der Waals surface area (Å²) in [5, 5.41) is 0.793. The fourth-order valence-corrected chi connectivity index (χ4v) is 2.00. The Labute approximate surface area is 92.6 Å². The number of hydrogen-bond acceptors (Lipinski definition) is 0. The lowest BCUT2D eigenvalue weighted by Gasteiger charge is -2.08. The Bertz CT molecular complexity index is 487. The average molecular weight is 278 g/mol.